The van der Waals surface area contributed by atoms with Crippen LogP contribution in [-0.2, 0) is 15.7 Å². The van der Waals surface area contributed by atoms with Gasteiger partial charge in [0, 0.05) is 50.0 Å². The maximum atomic E-state index is 13.1. The number of furan rings is 1. The molecule has 1 spiro atoms. The largest absolute Gasteiger partial charge is 0.451 e. The number of hydrogen-bond acceptors (Lipinski definition) is 11. The van der Waals surface area contributed by atoms with E-state index in [4.69, 9.17) is 25.5 Å². The Balaban J connectivity index is 0.000000159. The molecule has 3 aliphatic rings. The molecule has 0 aliphatic carbocycles. The Labute approximate surface area is 256 Å². The number of aromatic amines is 1. The molecule has 1 aromatic carbocycles. The molecule has 45 heavy (non-hydrogen) atoms. The average molecular weight is 629 g/mol. The van der Waals surface area contributed by atoms with Gasteiger partial charge in [0.15, 0.2) is 11.4 Å². The van der Waals surface area contributed by atoms with Crippen LogP contribution in [-0.4, -0.2) is 78.1 Å². The lowest BCUT2D eigenvalue weighted by Crippen LogP contribution is -2.68. The third kappa shape index (κ3) is 5.90. The number of nitrogens with zero attached hydrogens (tertiary/aromatic N) is 5. The van der Waals surface area contributed by atoms with Crippen molar-refractivity contribution < 1.29 is 27.1 Å². The van der Waals surface area contributed by atoms with Gasteiger partial charge in [-0.25, -0.2) is 15.8 Å². The molecule has 0 bridgehead atoms. The minimum atomic E-state index is -4.58. The van der Waals surface area contributed by atoms with Crippen LogP contribution in [0.25, 0.3) is 27.8 Å². The minimum absolute atomic E-state index is 0.0451. The molecular weight excluding hydrogens is 593 g/mol. The number of pyridine rings is 1. The molecule has 12 nitrogen and oxygen atoms in total. The van der Waals surface area contributed by atoms with Gasteiger partial charge in [0.2, 0.25) is 5.82 Å². The highest BCUT2D eigenvalue weighted by molar-refractivity contribution is 6.05. The number of ether oxygens (including phenoxy) is 2. The number of hydrazine groups is 1. The Hall–Kier alpha value is -4.34. The molecule has 1 unspecified atom stereocenters. The van der Waals surface area contributed by atoms with Crippen LogP contribution in [0.5, 0.6) is 0 Å². The molecule has 0 saturated carbocycles. The SMILES string of the molecule is CC1N(c2cc(/C(N)=C/N(C)N)c[nH]c2=O)CCOC12COC2.FC(F)(F)c1nc(N2CCCC2)c2oc3ccccc3c2n1. The summed E-state index contributed by atoms with van der Waals surface area (Å²) in [5.41, 5.74) is 8.41. The molecule has 3 saturated heterocycles. The summed E-state index contributed by atoms with van der Waals surface area (Å²) in [5, 5.41) is 1.95. The maximum Gasteiger partial charge on any atom is 0.451 e. The monoisotopic (exact) mass is 628 g/mol. The van der Waals surface area contributed by atoms with Crippen molar-refractivity contribution in [3.8, 4) is 0 Å². The number of aromatic nitrogens is 3. The molecule has 3 fully saturated rings. The lowest BCUT2D eigenvalue weighted by atomic mass is 9.90. The number of morpholine rings is 1. The van der Waals surface area contributed by atoms with Crippen molar-refractivity contribution in [2.45, 2.75) is 37.6 Å². The first-order chi connectivity index (χ1) is 21.5. The van der Waals surface area contributed by atoms with Gasteiger partial charge in [0.1, 0.15) is 22.4 Å². The number of halogens is 3. The zero-order chi connectivity index (χ0) is 31.9. The third-order valence-electron chi connectivity index (χ3n) is 8.37. The molecule has 6 heterocycles. The Morgan fingerprint density at radius 3 is 2.58 bits per heavy atom. The number of rotatable bonds is 4. The molecule has 4 aromatic rings. The molecule has 5 N–H and O–H groups in total. The highest BCUT2D eigenvalue weighted by Crippen LogP contribution is 2.38. The summed E-state index contributed by atoms with van der Waals surface area (Å²) >= 11 is 0. The number of fused-ring (bicyclic) bond motifs is 3. The van der Waals surface area contributed by atoms with Crippen LogP contribution in [0.3, 0.4) is 0 Å². The summed E-state index contributed by atoms with van der Waals surface area (Å²) in [6.07, 6.45) is 0.483. The van der Waals surface area contributed by atoms with Crippen molar-refractivity contribution >= 4 is 39.3 Å². The summed E-state index contributed by atoms with van der Waals surface area (Å²) in [7, 11) is 1.68. The number of hydrogen-bond donors (Lipinski definition) is 3. The van der Waals surface area contributed by atoms with Gasteiger partial charge in [-0.1, -0.05) is 12.1 Å². The molecule has 7 rings (SSSR count). The number of H-pyrrole nitrogens is 1. The van der Waals surface area contributed by atoms with E-state index in [2.05, 4.69) is 26.8 Å². The number of para-hydroxylation sites is 1. The predicted molar refractivity (Wildman–Crippen MR) is 163 cm³/mol. The predicted octanol–water partition coefficient (Wildman–Crippen LogP) is 3.43. The van der Waals surface area contributed by atoms with Crippen molar-refractivity contribution in [2.24, 2.45) is 11.6 Å². The van der Waals surface area contributed by atoms with E-state index in [0.717, 1.165) is 18.4 Å². The molecular formula is C30H35F3N8O4. The lowest BCUT2D eigenvalue weighted by Gasteiger charge is -2.53. The zero-order valence-corrected chi connectivity index (χ0v) is 24.9. The summed E-state index contributed by atoms with van der Waals surface area (Å²) in [4.78, 5) is 26.4. The molecule has 240 valence electrons. The topological polar surface area (TPSA) is 152 Å². The van der Waals surface area contributed by atoms with E-state index in [-0.39, 0.29) is 28.5 Å². The van der Waals surface area contributed by atoms with Gasteiger partial charge in [0.05, 0.1) is 31.6 Å². The first kappa shape index (κ1) is 30.7. The molecule has 15 heteroatoms. The number of nitrogens with two attached hydrogens (primary N) is 2. The number of nitrogens with one attached hydrogen (secondary N) is 1. The van der Waals surface area contributed by atoms with Crippen LogP contribution in [0.1, 0.15) is 31.2 Å². The third-order valence-corrected chi connectivity index (χ3v) is 8.37. The highest BCUT2D eigenvalue weighted by atomic mass is 19.4. The van der Waals surface area contributed by atoms with E-state index in [1.54, 1.807) is 49.8 Å². The number of anilines is 2. The summed E-state index contributed by atoms with van der Waals surface area (Å²) in [5.74, 6) is 4.71. The molecule has 0 amide bonds. The van der Waals surface area contributed by atoms with E-state index in [9.17, 15) is 18.0 Å². The van der Waals surface area contributed by atoms with Crippen molar-refractivity contribution in [1.82, 2.24) is 20.0 Å². The zero-order valence-electron chi connectivity index (χ0n) is 24.9. The van der Waals surface area contributed by atoms with Crippen LogP contribution in [0, 0.1) is 0 Å². The quantitative estimate of drug-likeness (QED) is 0.225. The van der Waals surface area contributed by atoms with Crippen LogP contribution in [0.4, 0.5) is 24.7 Å². The summed E-state index contributed by atoms with van der Waals surface area (Å²) < 4.78 is 56.3. The lowest BCUT2D eigenvalue weighted by molar-refractivity contribution is -0.228. The Bertz CT molecular complexity index is 1780. The van der Waals surface area contributed by atoms with Gasteiger partial charge < -0.3 is 39.4 Å². The van der Waals surface area contributed by atoms with Crippen molar-refractivity contribution in [2.75, 3.05) is 56.3 Å². The fourth-order valence-corrected chi connectivity index (χ4v) is 5.89. The van der Waals surface area contributed by atoms with Gasteiger partial charge in [0.25, 0.3) is 5.56 Å². The number of alkyl halides is 3. The second-order valence-corrected chi connectivity index (χ2v) is 11.5. The fourth-order valence-electron chi connectivity index (χ4n) is 5.89. The van der Waals surface area contributed by atoms with Gasteiger partial charge in [-0.15, -0.1) is 0 Å². The highest BCUT2D eigenvalue weighted by Gasteiger charge is 2.50. The van der Waals surface area contributed by atoms with Crippen molar-refractivity contribution in [1.29, 1.82) is 0 Å². The van der Waals surface area contributed by atoms with Crippen LogP contribution in [0.15, 0.2) is 51.9 Å². The smallest absolute Gasteiger partial charge is 0.450 e. The molecule has 1 atom stereocenters. The second-order valence-electron chi connectivity index (χ2n) is 11.5. The van der Waals surface area contributed by atoms with Crippen molar-refractivity contribution in [3.63, 3.8) is 0 Å². The fraction of sp³-hybridized carbons (Fsp3) is 0.433. The van der Waals surface area contributed by atoms with Crippen LogP contribution >= 0.6 is 0 Å². The Morgan fingerprint density at radius 1 is 1.18 bits per heavy atom. The van der Waals surface area contributed by atoms with Gasteiger partial charge >= 0.3 is 6.18 Å². The van der Waals surface area contributed by atoms with E-state index in [1.165, 1.54) is 5.01 Å². The summed E-state index contributed by atoms with van der Waals surface area (Å²) in [6.45, 7) is 5.75. The van der Waals surface area contributed by atoms with Gasteiger partial charge in [-0.3, -0.25) is 4.79 Å². The maximum absolute atomic E-state index is 13.1. The van der Waals surface area contributed by atoms with E-state index >= 15 is 0 Å². The molecule has 3 aromatic heterocycles. The van der Waals surface area contributed by atoms with Gasteiger partial charge in [-0.2, -0.15) is 13.2 Å². The normalized spacial score (nSPS) is 20.0. The van der Waals surface area contributed by atoms with Crippen LogP contribution in [0.2, 0.25) is 0 Å². The van der Waals surface area contributed by atoms with E-state index in [1.807, 2.05) is 4.90 Å². The molecule has 3 aliphatic heterocycles. The minimum Gasteiger partial charge on any atom is -0.450 e. The van der Waals surface area contributed by atoms with Gasteiger partial charge in [-0.05, 0) is 38.0 Å². The first-order valence-electron chi connectivity index (χ1n) is 14.6. The average Bonchev–Trinajstić information content (AvgIpc) is 3.64. The Morgan fingerprint density at radius 2 is 1.91 bits per heavy atom. The van der Waals surface area contributed by atoms with Crippen LogP contribution < -0.4 is 26.9 Å². The molecule has 0 radical (unpaired) electrons. The van der Waals surface area contributed by atoms with Crippen molar-refractivity contribution in [3.05, 3.63) is 64.5 Å². The summed E-state index contributed by atoms with van der Waals surface area (Å²) in [6, 6.07) is 8.80. The second kappa shape index (κ2) is 11.9. The van der Waals surface area contributed by atoms with E-state index < -0.39 is 12.0 Å². The standard InChI is InChI=1S/C15H12F3N3O.C15H23N5O3/c16-15(17,18)14-19-11-9-5-1-2-6-10(9)22-12(11)13(20-14)21-7-3-4-8-21;1-10-15(8-22-9-15)23-4-3-20(10)13-5-11(6-18-14(13)21)12(16)7-19(2)17/h1-2,5-6H,3-4,7-8H2;5-7,10H,3-4,8-9,16-17H2,1-2H3,(H,18,21)/b;12-7-. The van der Waals surface area contributed by atoms with E-state index in [0.29, 0.717) is 67.4 Å². The first-order valence-corrected chi connectivity index (χ1v) is 14.6. The Kier molecular flexibility index (Phi) is 8.09. The number of benzene rings is 1.